The first-order valence-corrected chi connectivity index (χ1v) is 19.1. The van der Waals surface area contributed by atoms with Gasteiger partial charge in [0.25, 0.3) is 0 Å². The van der Waals surface area contributed by atoms with Crippen molar-refractivity contribution in [1.82, 2.24) is 0 Å². The van der Waals surface area contributed by atoms with E-state index in [-0.39, 0.29) is 30.2 Å². The molecule has 160 valence electrons. The molecular formula is C25H32Cl2OSiZr. The fraction of sp³-hybridized carbons (Fsp3) is 0.360. The molecule has 0 amide bonds. The zero-order valence-electron chi connectivity index (χ0n) is 18.9. The van der Waals surface area contributed by atoms with Crippen molar-refractivity contribution in [1.29, 1.82) is 0 Å². The third-order valence-electron chi connectivity index (χ3n) is 6.82. The number of rotatable bonds is 3. The first-order chi connectivity index (χ1) is 13.3. The van der Waals surface area contributed by atoms with E-state index in [1.165, 1.54) is 11.1 Å². The van der Waals surface area contributed by atoms with Crippen LogP contribution in [0.1, 0.15) is 49.4 Å². The monoisotopic (exact) mass is 536 g/mol. The summed E-state index contributed by atoms with van der Waals surface area (Å²) >= 11 is -1.90. The van der Waals surface area contributed by atoms with Gasteiger partial charge in [0.2, 0.25) is 0 Å². The third-order valence-corrected chi connectivity index (χ3v) is 25.9. The minimum absolute atomic E-state index is 0. The second-order valence-electron chi connectivity index (χ2n) is 8.59. The van der Waals surface area contributed by atoms with Gasteiger partial charge in [0, 0.05) is 0 Å². The molecule has 2 unspecified atom stereocenters. The zero-order valence-corrected chi connectivity index (χ0v) is 24.0. The maximum absolute atomic E-state index is 5.76. The topological polar surface area (TPSA) is 13.1 Å². The summed E-state index contributed by atoms with van der Waals surface area (Å²) in [6.45, 7) is 17.1. The Morgan fingerprint density at radius 3 is 2.17 bits per heavy atom. The summed E-state index contributed by atoms with van der Waals surface area (Å²) < 4.78 is 8.34. The summed E-state index contributed by atoms with van der Waals surface area (Å²) in [6.07, 6.45) is 4.25. The van der Waals surface area contributed by atoms with Crippen LogP contribution in [-0.4, -0.2) is 5.43 Å². The Hall–Kier alpha value is -0.600. The van der Waals surface area contributed by atoms with Crippen LogP contribution >= 0.6 is 24.8 Å². The molecule has 2 aliphatic carbocycles. The van der Waals surface area contributed by atoms with E-state index < -0.39 is 20.4 Å². The number of halogens is 2. The molecule has 0 spiro atoms. The summed E-state index contributed by atoms with van der Waals surface area (Å²) in [5.41, 5.74) is 10.3. The van der Waals surface area contributed by atoms with Crippen LogP contribution in [0, 0.1) is 5.92 Å². The quantitative estimate of drug-likeness (QED) is 0.358. The van der Waals surface area contributed by atoms with Gasteiger partial charge in [-0.05, 0) is 0 Å². The van der Waals surface area contributed by atoms with E-state index in [1.54, 1.807) is 34.1 Å². The number of furan rings is 1. The molecule has 0 N–H and O–H groups in total. The molecule has 2 aromatic rings. The van der Waals surface area contributed by atoms with E-state index in [0.717, 1.165) is 5.76 Å². The van der Waals surface area contributed by atoms with Crippen molar-refractivity contribution in [3.8, 4) is 11.3 Å². The molecule has 2 atom stereocenters. The van der Waals surface area contributed by atoms with E-state index in [0.29, 0.717) is 9.54 Å². The van der Waals surface area contributed by atoms with Gasteiger partial charge in [0.05, 0.1) is 0 Å². The molecule has 30 heavy (non-hydrogen) atoms. The Balaban J connectivity index is 0.00000160. The molecule has 1 heterocycles. The number of hydrogen-bond donors (Lipinski definition) is 0. The molecule has 1 nitrogen and oxygen atoms in total. The van der Waals surface area contributed by atoms with Gasteiger partial charge in [0.1, 0.15) is 0 Å². The first kappa shape index (κ1) is 25.7. The van der Waals surface area contributed by atoms with Crippen LogP contribution < -0.4 is 0 Å². The van der Waals surface area contributed by atoms with Crippen LogP contribution in [-0.2, 0) is 20.4 Å². The van der Waals surface area contributed by atoms with Gasteiger partial charge >= 0.3 is 178 Å². The minimum Gasteiger partial charge on any atom is -0.147 e. The van der Waals surface area contributed by atoms with Gasteiger partial charge in [-0.1, -0.05) is 0 Å². The van der Waals surface area contributed by atoms with E-state index in [4.69, 9.17) is 4.42 Å². The average Bonchev–Trinajstić information content (AvgIpc) is 3.34. The zero-order chi connectivity index (χ0) is 20.2. The van der Waals surface area contributed by atoms with Gasteiger partial charge in [-0.15, -0.1) is 24.8 Å². The van der Waals surface area contributed by atoms with Crippen molar-refractivity contribution in [2.45, 2.75) is 51.3 Å². The molecule has 0 saturated carbocycles. The van der Waals surface area contributed by atoms with E-state index in [1.807, 2.05) is 9.35 Å². The normalized spacial score (nSPS) is 19.9. The average molecular weight is 539 g/mol. The molecule has 0 bridgehead atoms. The van der Waals surface area contributed by atoms with Crippen molar-refractivity contribution in [3.63, 3.8) is 0 Å². The molecule has 0 fully saturated rings. The SMILES string of the molecule is CC1=Cc2c(-c3ccco3)cccc2[CH]1[Zr]([C]1=C(C)C(C)=C(C)C1C)=[Si](C)C.Cl.Cl. The Morgan fingerprint density at radius 1 is 0.933 bits per heavy atom. The van der Waals surface area contributed by atoms with Gasteiger partial charge in [0.15, 0.2) is 0 Å². The second-order valence-corrected chi connectivity index (χ2v) is 25.9. The number of hydrogen-bond acceptors (Lipinski definition) is 1. The number of fused-ring (bicyclic) bond motifs is 1. The summed E-state index contributed by atoms with van der Waals surface area (Å²) in [4.78, 5) is 0. The maximum atomic E-state index is 5.76. The van der Waals surface area contributed by atoms with Gasteiger partial charge in [-0.3, -0.25) is 0 Å². The summed E-state index contributed by atoms with van der Waals surface area (Å²) in [7, 11) is 0. The van der Waals surface area contributed by atoms with Gasteiger partial charge < -0.3 is 0 Å². The van der Waals surface area contributed by atoms with Crippen LogP contribution in [0.25, 0.3) is 17.4 Å². The fourth-order valence-corrected chi connectivity index (χ4v) is 25.7. The Kier molecular flexibility index (Phi) is 8.47. The molecule has 5 heteroatoms. The second kappa shape index (κ2) is 9.90. The van der Waals surface area contributed by atoms with Crippen molar-refractivity contribution in [2.24, 2.45) is 5.92 Å². The van der Waals surface area contributed by atoms with Crippen LogP contribution in [0.15, 0.2) is 66.6 Å². The molecular weight excluding hydrogens is 506 g/mol. The minimum atomic E-state index is -1.90. The largest absolute Gasteiger partial charge is 0.147 e. The molecule has 1 aromatic carbocycles. The Morgan fingerprint density at radius 2 is 1.63 bits per heavy atom. The molecule has 0 radical (unpaired) electrons. The van der Waals surface area contributed by atoms with Crippen LogP contribution in [0.3, 0.4) is 0 Å². The molecule has 0 saturated heterocycles. The fourth-order valence-electron chi connectivity index (χ4n) is 5.09. The predicted molar refractivity (Wildman–Crippen MR) is 133 cm³/mol. The van der Waals surface area contributed by atoms with Crippen molar-refractivity contribution < 1.29 is 24.8 Å². The summed E-state index contributed by atoms with van der Waals surface area (Å²) in [6, 6.07) is 10.9. The number of allylic oxidation sites excluding steroid dienone is 5. The number of benzene rings is 1. The van der Waals surface area contributed by atoms with Gasteiger partial charge in [-0.2, -0.15) is 0 Å². The van der Waals surface area contributed by atoms with Crippen molar-refractivity contribution >= 4 is 36.3 Å². The summed E-state index contributed by atoms with van der Waals surface area (Å²) in [5, 5.41) is 0. The summed E-state index contributed by atoms with van der Waals surface area (Å²) in [5.74, 6) is 1.64. The van der Waals surface area contributed by atoms with E-state index >= 15 is 0 Å². The maximum Gasteiger partial charge on any atom is -0.147 e. The Bertz CT molecular complexity index is 1090. The predicted octanol–water partition coefficient (Wildman–Crippen LogP) is 8.38. The molecule has 2 aliphatic rings. The van der Waals surface area contributed by atoms with E-state index in [9.17, 15) is 0 Å². The smallest absolute Gasteiger partial charge is 0.147 e. The molecule has 4 rings (SSSR count). The molecule has 0 aliphatic heterocycles. The van der Waals surface area contributed by atoms with Crippen LogP contribution in [0.4, 0.5) is 0 Å². The van der Waals surface area contributed by atoms with Gasteiger partial charge in [-0.25, -0.2) is 0 Å². The van der Waals surface area contributed by atoms with Crippen LogP contribution in [0.2, 0.25) is 13.1 Å². The van der Waals surface area contributed by atoms with Crippen LogP contribution in [0.5, 0.6) is 0 Å². The first-order valence-electron chi connectivity index (χ1n) is 10.2. The third kappa shape index (κ3) is 4.08. The van der Waals surface area contributed by atoms with E-state index in [2.05, 4.69) is 78.1 Å². The van der Waals surface area contributed by atoms with Crippen molar-refractivity contribution in [2.75, 3.05) is 0 Å². The van der Waals surface area contributed by atoms with Crippen molar-refractivity contribution in [3.05, 3.63) is 73.3 Å². The Labute approximate surface area is 201 Å². The standard InChI is InChI=1S/C14H11O.C9H13.C2H6Si.2ClH.Zr/c1-10-8-11-4-2-5-12(13(11)9-10)14-6-3-7-15-14;1-6-5-7(2)9(4)8(6)3;1-3-2;;;/h2-9H,1H3;6H,1-4H3;1-2H3;2*1H;. The molecule has 1 aromatic heterocycles.